The molecule has 0 radical (unpaired) electrons. The highest BCUT2D eigenvalue weighted by Crippen LogP contribution is 2.13. The zero-order chi connectivity index (χ0) is 9.56. The van der Waals surface area contributed by atoms with Crippen molar-refractivity contribution in [2.24, 2.45) is 0 Å². The van der Waals surface area contributed by atoms with Gasteiger partial charge in [-0.05, 0) is 31.9 Å². The SMILES string of the molecule is C=C(C)C(COC)=C(C)C=CC. The highest BCUT2D eigenvalue weighted by atomic mass is 16.5. The fraction of sp³-hybridized carbons (Fsp3) is 0.455. The zero-order valence-electron chi connectivity index (χ0n) is 8.48. The van der Waals surface area contributed by atoms with Gasteiger partial charge in [0.25, 0.3) is 0 Å². The van der Waals surface area contributed by atoms with Gasteiger partial charge < -0.3 is 4.74 Å². The number of rotatable bonds is 4. The average Bonchev–Trinajstić information content (AvgIpc) is 1.99. The van der Waals surface area contributed by atoms with Gasteiger partial charge in [0.05, 0.1) is 6.61 Å². The van der Waals surface area contributed by atoms with Gasteiger partial charge in [0.15, 0.2) is 0 Å². The van der Waals surface area contributed by atoms with Crippen LogP contribution in [-0.2, 0) is 4.74 Å². The Kier molecular flexibility index (Phi) is 5.39. The predicted molar refractivity (Wildman–Crippen MR) is 54.2 cm³/mol. The van der Waals surface area contributed by atoms with Crippen molar-refractivity contribution in [2.75, 3.05) is 13.7 Å². The van der Waals surface area contributed by atoms with Gasteiger partial charge >= 0.3 is 0 Å². The first-order valence-corrected chi connectivity index (χ1v) is 4.10. The first kappa shape index (κ1) is 11.2. The molecule has 12 heavy (non-hydrogen) atoms. The lowest BCUT2D eigenvalue weighted by Crippen LogP contribution is -1.97. The van der Waals surface area contributed by atoms with Crippen molar-refractivity contribution in [2.45, 2.75) is 20.8 Å². The summed E-state index contributed by atoms with van der Waals surface area (Å²) in [5, 5.41) is 0. The first-order chi connectivity index (χ1) is 5.63. The molecule has 0 aromatic carbocycles. The molecular weight excluding hydrogens is 148 g/mol. The first-order valence-electron chi connectivity index (χ1n) is 4.10. The predicted octanol–water partition coefficient (Wildman–Crippen LogP) is 3.10. The molecule has 0 saturated heterocycles. The molecule has 1 nitrogen and oxygen atoms in total. The van der Waals surface area contributed by atoms with E-state index in [0.717, 1.165) is 5.57 Å². The second kappa shape index (κ2) is 5.78. The third-order valence-corrected chi connectivity index (χ3v) is 1.70. The van der Waals surface area contributed by atoms with E-state index in [4.69, 9.17) is 4.74 Å². The van der Waals surface area contributed by atoms with Crippen LogP contribution in [0.5, 0.6) is 0 Å². The number of hydrogen-bond acceptors (Lipinski definition) is 1. The van der Waals surface area contributed by atoms with Crippen LogP contribution in [0.25, 0.3) is 0 Å². The molecule has 0 unspecified atom stereocenters. The van der Waals surface area contributed by atoms with Gasteiger partial charge in [-0.1, -0.05) is 24.3 Å². The molecule has 0 rings (SSSR count). The summed E-state index contributed by atoms with van der Waals surface area (Å²) in [7, 11) is 1.70. The fourth-order valence-electron chi connectivity index (χ4n) is 1.07. The topological polar surface area (TPSA) is 9.23 Å². The molecule has 0 fully saturated rings. The van der Waals surface area contributed by atoms with E-state index >= 15 is 0 Å². The van der Waals surface area contributed by atoms with Crippen molar-refractivity contribution >= 4 is 0 Å². The minimum absolute atomic E-state index is 0.644. The van der Waals surface area contributed by atoms with E-state index in [0.29, 0.717) is 6.61 Å². The monoisotopic (exact) mass is 166 g/mol. The van der Waals surface area contributed by atoms with Gasteiger partial charge in [0, 0.05) is 7.11 Å². The number of methoxy groups -OCH3 is 1. The lowest BCUT2D eigenvalue weighted by Gasteiger charge is -2.08. The highest BCUT2D eigenvalue weighted by Gasteiger charge is 2.00. The van der Waals surface area contributed by atoms with Crippen molar-refractivity contribution in [3.05, 3.63) is 35.5 Å². The standard InChI is InChI=1S/C11H18O/c1-6-7-10(4)11(8-12-5)9(2)3/h6-7H,2,8H2,1,3-5H3. The summed E-state index contributed by atoms with van der Waals surface area (Å²) in [6.45, 7) is 10.6. The Balaban J connectivity index is 4.67. The summed E-state index contributed by atoms with van der Waals surface area (Å²) >= 11 is 0. The van der Waals surface area contributed by atoms with Gasteiger partial charge in [-0.2, -0.15) is 0 Å². The van der Waals surface area contributed by atoms with Crippen LogP contribution >= 0.6 is 0 Å². The largest absolute Gasteiger partial charge is 0.380 e. The summed E-state index contributed by atoms with van der Waals surface area (Å²) in [6.07, 6.45) is 4.09. The minimum Gasteiger partial charge on any atom is -0.380 e. The zero-order valence-corrected chi connectivity index (χ0v) is 8.48. The van der Waals surface area contributed by atoms with Gasteiger partial charge in [0.2, 0.25) is 0 Å². The van der Waals surface area contributed by atoms with Crippen molar-refractivity contribution in [3.8, 4) is 0 Å². The van der Waals surface area contributed by atoms with Gasteiger partial charge in [-0.15, -0.1) is 0 Å². The average molecular weight is 166 g/mol. The number of ether oxygens (including phenoxy) is 1. The summed E-state index contributed by atoms with van der Waals surface area (Å²) in [4.78, 5) is 0. The molecule has 1 heteroatoms. The molecule has 0 aliphatic carbocycles. The van der Waals surface area contributed by atoms with Crippen LogP contribution in [0.2, 0.25) is 0 Å². The lowest BCUT2D eigenvalue weighted by atomic mass is 10.0. The van der Waals surface area contributed by atoms with Crippen molar-refractivity contribution in [1.29, 1.82) is 0 Å². The van der Waals surface area contributed by atoms with Gasteiger partial charge in [-0.25, -0.2) is 0 Å². The molecule has 0 N–H and O–H groups in total. The summed E-state index contributed by atoms with van der Waals surface area (Å²) in [6, 6.07) is 0. The minimum atomic E-state index is 0.644. The van der Waals surface area contributed by atoms with Crippen LogP contribution in [0, 0.1) is 0 Å². The third-order valence-electron chi connectivity index (χ3n) is 1.70. The molecule has 0 heterocycles. The third kappa shape index (κ3) is 3.54. The Bertz CT molecular complexity index is 209. The van der Waals surface area contributed by atoms with Crippen molar-refractivity contribution in [1.82, 2.24) is 0 Å². The molecule has 0 amide bonds. The van der Waals surface area contributed by atoms with E-state index in [2.05, 4.69) is 19.6 Å². The quantitative estimate of drug-likeness (QED) is 0.583. The van der Waals surface area contributed by atoms with Gasteiger partial charge in [-0.3, -0.25) is 0 Å². The van der Waals surface area contributed by atoms with E-state index in [-0.39, 0.29) is 0 Å². The maximum absolute atomic E-state index is 5.08. The Morgan fingerprint density at radius 1 is 1.42 bits per heavy atom. The van der Waals surface area contributed by atoms with Crippen molar-refractivity contribution < 1.29 is 4.74 Å². The van der Waals surface area contributed by atoms with Crippen LogP contribution in [0.4, 0.5) is 0 Å². The summed E-state index contributed by atoms with van der Waals surface area (Å²) in [5.41, 5.74) is 3.50. The number of allylic oxidation sites excluding steroid dienone is 3. The van der Waals surface area contributed by atoms with E-state index in [9.17, 15) is 0 Å². The maximum atomic E-state index is 5.08. The summed E-state index contributed by atoms with van der Waals surface area (Å²) < 4.78 is 5.08. The molecule has 0 aliphatic heterocycles. The molecule has 0 saturated carbocycles. The Labute approximate surface area is 75.4 Å². The molecular formula is C11H18O. The van der Waals surface area contributed by atoms with Crippen LogP contribution in [-0.4, -0.2) is 13.7 Å². The maximum Gasteiger partial charge on any atom is 0.0717 e. The highest BCUT2D eigenvalue weighted by molar-refractivity contribution is 5.36. The van der Waals surface area contributed by atoms with E-state index < -0.39 is 0 Å². The Hall–Kier alpha value is -0.820. The smallest absolute Gasteiger partial charge is 0.0717 e. The Morgan fingerprint density at radius 2 is 2.00 bits per heavy atom. The molecule has 68 valence electrons. The second-order valence-corrected chi connectivity index (χ2v) is 2.87. The molecule has 0 bridgehead atoms. The molecule has 0 aromatic rings. The fourth-order valence-corrected chi connectivity index (χ4v) is 1.07. The summed E-state index contributed by atoms with van der Waals surface area (Å²) in [5.74, 6) is 0. The number of hydrogen-bond donors (Lipinski definition) is 0. The molecule has 0 aliphatic rings. The molecule has 0 aromatic heterocycles. The van der Waals surface area contributed by atoms with Crippen LogP contribution in [0.3, 0.4) is 0 Å². The van der Waals surface area contributed by atoms with Crippen LogP contribution in [0.15, 0.2) is 35.5 Å². The van der Waals surface area contributed by atoms with E-state index in [1.165, 1.54) is 11.1 Å². The van der Waals surface area contributed by atoms with Crippen LogP contribution < -0.4 is 0 Å². The normalized spacial score (nSPS) is 13.3. The Morgan fingerprint density at radius 3 is 2.33 bits per heavy atom. The van der Waals surface area contributed by atoms with E-state index in [1.807, 2.05) is 19.9 Å². The second-order valence-electron chi connectivity index (χ2n) is 2.87. The van der Waals surface area contributed by atoms with E-state index in [1.54, 1.807) is 7.11 Å². The lowest BCUT2D eigenvalue weighted by molar-refractivity contribution is 0.227. The van der Waals surface area contributed by atoms with Crippen molar-refractivity contribution in [3.63, 3.8) is 0 Å². The molecule has 0 atom stereocenters. The van der Waals surface area contributed by atoms with Gasteiger partial charge in [0.1, 0.15) is 0 Å². The van der Waals surface area contributed by atoms with Crippen LogP contribution in [0.1, 0.15) is 20.8 Å². The molecule has 0 spiro atoms.